The van der Waals surface area contributed by atoms with Crippen LogP contribution in [0.5, 0.6) is 0 Å². The van der Waals surface area contributed by atoms with E-state index in [1.165, 1.54) is 19.3 Å². The lowest BCUT2D eigenvalue weighted by molar-refractivity contribution is -0.137. The number of carbonyl (C=O) groups is 1. The van der Waals surface area contributed by atoms with Crippen LogP contribution in [0.25, 0.3) is 0 Å². The fraction of sp³-hybridized carbons (Fsp3) is 0.500. The molecule has 20 heavy (non-hydrogen) atoms. The normalized spacial score (nSPS) is 18.9. The standard InChI is InChI=1S/C12H15F3N4O/c1-16-11(20)19(8-4-6-17-7-8)10-9(12(13,14)15)3-2-5-18-10/h2-3,5,8,17H,4,6-7H2,1H3,(H,16,20). The third-order valence-corrected chi connectivity index (χ3v) is 3.15. The number of nitrogens with one attached hydrogen (secondary N) is 2. The highest BCUT2D eigenvalue weighted by molar-refractivity contribution is 5.92. The van der Waals surface area contributed by atoms with Gasteiger partial charge in [0.1, 0.15) is 5.82 Å². The van der Waals surface area contributed by atoms with Crippen LogP contribution in [0.1, 0.15) is 12.0 Å². The Labute approximate surface area is 114 Å². The van der Waals surface area contributed by atoms with Crippen molar-refractivity contribution in [1.82, 2.24) is 15.6 Å². The molecule has 0 bridgehead atoms. The summed E-state index contributed by atoms with van der Waals surface area (Å²) >= 11 is 0. The van der Waals surface area contributed by atoms with Gasteiger partial charge in [0.05, 0.1) is 11.6 Å². The first-order valence-electron chi connectivity index (χ1n) is 6.19. The minimum absolute atomic E-state index is 0.342. The Morgan fingerprint density at radius 1 is 1.55 bits per heavy atom. The van der Waals surface area contributed by atoms with Gasteiger partial charge in [-0.25, -0.2) is 9.78 Å². The van der Waals surface area contributed by atoms with Gasteiger partial charge in [-0.15, -0.1) is 0 Å². The van der Waals surface area contributed by atoms with Crippen molar-refractivity contribution in [3.05, 3.63) is 23.9 Å². The first-order chi connectivity index (χ1) is 9.45. The van der Waals surface area contributed by atoms with E-state index in [4.69, 9.17) is 0 Å². The molecule has 1 aromatic rings. The monoisotopic (exact) mass is 288 g/mol. The number of nitrogens with zero attached hydrogens (tertiary/aromatic N) is 2. The number of urea groups is 1. The molecule has 0 spiro atoms. The highest BCUT2D eigenvalue weighted by Gasteiger charge is 2.39. The van der Waals surface area contributed by atoms with E-state index in [-0.39, 0.29) is 11.9 Å². The topological polar surface area (TPSA) is 57.3 Å². The largest absolute Gasteiger partial charge is 0.419 e. The van der Waals surface area contributed by atoms with Crippen molar-refractivity contribution < 1.29 is 18.0 Å². The molecule has 0 aromatic carbocycles. The van der Waals surface area contributed by atoms with Crippen molar-refractivity contribution >= 4 is 11.8 Å². The third-order valence-electron chi connectivity index (χ3n) is 3.15. The highest BCUT2D eigenvalue weighted by atomic mass is 19.4. The molecule has 1 saturated heterocycles. The number of pyridine rings is 1. The number of carbonyl (C=O) groups excluding carboxylic acids is 1. The molecule has 0 saturated carbocycles. The third kappa shape index (κ3) is 2.84. The SMILES string of the molecule is CNC(=O)N(c1ncccc1C(F)(F)F)C1CCNC1. The van der Waals surface area contributed by atoms with Crippen LogP contribution in [0.3, 0.4) is 0 Å². The van der Waals surface area contributed by atoms with Crippen molar-refractivity contribution in [2.24, 2.45) is 0 Å². The number of aromatic nitrogens is 1. The molecule has 1 unspecified atom stereocenters. The molecule has 0 aliphatic carbocycles. The Morgan fingerprint density at radius 3 is 2.85 bits per heavy atom. The van der Waals surface area contributed by atoms with E-state index in [1.807, 2.05) is 0 Å². The zero-order valence-corrected chi connectivity index (χ0v) is 10.9. The number of amides is 2. The molecule has 1 fully saturated rings. The van der Waals surface area contributed by atoms with E-state index in [0.29, 0.717) is 19.5 Å². The van der Waals surface area contributed by atoms with Gasteiger partial charge >= 0.3 is 12.2 Å². The molecule has 2 N–H and O–H groups in total. The van der Waals surface area contributed by atoms with Gasteiger partial charge in [0.15, 0.2) is 0 Å². The number of rotatable bonds is 2. The predicted octanol–water partition coefficient (Wildman–Crippen LogP) is 1.61. The van der Waals surface area contributed by atoms with Gasteiger partial charge in [0, 0.05) is 19.8 Å². The van der Waals surface area contributed by atoms with Crippen LogP contribution in [0.2, 0.25) is 0 Å². The molecule has 2 amide bonds. The second-order valence-electron chi connectivity index (χ2n) is 4.44. The number of anilines is 1. The summed E-state index contributed by atoms with van der Waals surface area (Å²) in [5.41, 5.74) is -0.907. The molecular weight excluding hydrogens is 273 g/mol. The molecule has 0 radical (unpaired) electrons. The molecular formula is C12H15F3N4O. The summed E-state index contributed by atoms with van der Waals surface area (Å²) in [6, 6.07) is 1.20. The first kappa shape index (κ1) is 14.6. The van der Waals surface area contributed by atoms with Crippen molar-refractivity contribution in [1.29, 1.82) is 0 Å². The van der Waals surface area contributed by atoms with Crippen LogP contribution in [-0.4, -0.2) is 37.2 Å². The van der Waals surface area contributed by atoms with E-state index >= 15 is 0 Å². The summed E-state index contributed by atoms with van der Waals surface area (Å²) in [6.45, 7) is 1.10. The maximum atomic E-state index is 13.0. The van der Waals surface area contributed by atoms with Crippen LogP contribution < -0.4 is 15.5 Å². The fourth-order valence-electron chi connectivity index (χ4n) is 2.23. The Bertz CT molecular complexity index is 486. The number of hydrogen-bond donors (Lipinski definition) is 2. The molecule has 1 atom stereocenters. The van der Waals surface area contributed by atoms with E-state index in [1.54, 1.807) is 0 Å². The second-order valence-corrected chi connectivity index (χ2v) is 4.44. The van der Waals surface area contributed by atoms with E-state index in [0.717, 1.165) is 11.0 Å². The van der Waals surface area contributed by atoms with Crippen molar-refractivity contribution in [3.8, 4) is 0 Å². The van der Waals surface area contributed by atoms with Crippen LogP contribution in [0.4, 0.5) is 23.8 Å². The Balaban J connectivity index is 2.46. The summed E-state index contributed by atoms with van der Waals surface area (Å²) in [6.07, 6.45) is -2.72. The molecule has 1 aliphatic rings. The smallest absolute Gasteiger partial charge is 0.341 e. The lowest BCUT2D eigenvalue weighted by Crippen LogP contribution is -2.47. The van der Waals surface area contributed by atoms with Gasteiger partial charge in [-0.2, -0.15) is 13.2 Å². The number of halogens is 3. The van der Waals surface area contributed by atoms with Gasteiger partial charge in [-0.05, 0) is 25.1 Å². The maximum absolute atomic E-state index is 13.0. The van der Waals surface area contributed by atoms with Gasteiger partial charge in [-0.3, -0.25) is 4.90 Å². The molecule has 8 heteroatoms. The van der Waals surface area contributed by atoms with Gasteiger partial charge in [0.25, 0.3) is 0 Å². The van der Waals surface area contributed by atoms with Crippen molar-refractivity contribution in [2.45, 2.75) is 18.6 Å². The minimum Gasteiger partial charge on any atom is -0.341 e. The quantitative estimate of drug-likeness (QED) is 0.869. The zero-order valence-electron chi connectivity index (χ0n) is 10.9. The number of alkyl halides is 3. The maximum Gasteiger partial charge on any atom is 0.419 e. The number of hydrogen-bond acceptors (Lipinski definition) is 3. The van der Waals surface area contributed by atoms with Crippen LogP contribution in [-0.2, 0) is 6.18 Å². The molecule has 1 aromatic heterocycles. The summed E-state index contributed by atoms with van der Waals surface area (Å²) < 4.78 is 39.1. The molecule has 2 rings (SSSR count). The Hall–Kier alpha value is -1.83. The van der Waals surface area contributed by atoms with Crippen LogP contribution >= 0.6 is 0 Å². The average molecular weight is 288 g/mol. The molecule has 5 nitrogen and oxygen atoms in total. The van der Waals surface area contributed by atoms with Gasteiger partial charge in [0.2, 0.25) is 0 Å². The zero-order chi connectivity index (χ0) is 14.8. The van der Waals surface area contributed by atoms with E-state index < -0.39 is 17.8 Å². The molecule has 1 aliphatic heterocycles. The minimum atomic E-state index is -4.55. The Kier molecular flexibility index (Phi) is 4.12. The molecule has 2 heterocycles. The lowest BCUT2D eigenvalue weighted by Gasteiger charge is -2.29. The van der Waals surface area contributed by atoms with Crippen molar-refractivity contribution in [2.75, 3.05) is 25.0 Å². The Morgan fingerprint density at radius 2 is 2.30 bits per heavy atom. The fourth-order valence-corrected chi connectivity index (χ4v) is 2.23. The predicted molar refractivity (Wildman–Crippen MR) is 67.4 cm³/mol. The lowest BCUT2D eigenvalue weighted by atomic mass is 10.1. The van der Waals surface area contributed by atoms with Gasteiger partial charge in [-0.1, -0.05) is 0 Å². The van der Waals surface area contributed by atoms with E-state index in [9.17, 15) is 18.0 Å². The summed E-state index contributed by atoms with van der Waals surface area (Å²) in [5.74, 6) is -0.354. The molecule has 110 valence electrons. The van der Waals surface area contributed by atoms with Crippen LogP contribution in [0, 0.1) is 0 Å². The second kappa shape index (κ2) is 5.66. The highest BCUT2D eigenvalue weighted by Crippen LogP contribution is 2.36. The first-order valence-corrected chi connectivity index (χ1v) is 6.19. The summed E-state index contributed by atoms with van der Waals surface area (Å²) in [7, 11) is 1.38. The summed E-state index contributed by atoms with van der Waals surface area (Å²) in [5, 5.41) is 5.40. The van der Waals surface area contributed by atoms with Crippen LogP contribution in [0.15, 0.2) is 18.3 Å². The van der Waals surface area contributed by atoms with E-state index in [2.05, 4.69) is 15.6 Å². The van der Waals surface area contributed by atoms with Gasteiger partial charge < -0.3 is 10.6 Å². The summed E-state index contributed by atoms with van der Waals surface area (Å²) in [4.78, 5) is 16.8. The average Bonchev–Trinajstić information content (AvgIpc) is 2.92. The van der Waals surface area contributed by atoms with Crippen molar-refractivity contribution in [3.63, 3.8) is 0 Å².